The molecular formula is C19H24FN5O2. The topological polar surface area (TPSA) is 81.1 Å². The lowest BCUT2D eigenvalue weighted by molar-refractivity contribution is 0.102. The highest BCUT2D eigenvalue weighted by Gasteiger charge is 2.24. The second-order valence-corrected chi connectivity index (χ2v) is 7.22. The monoisotopic (exact) mass is 373 g/mol. The number of ether oxygens (including phenoxy) is 1. The van der Waals surface area contributed by atoms with E-state index in [1.807, 2.05) is 11.6 Å². The maximum Gasteiger partial charge on any atom is 0.278 e. The van der Waals surface area contributed by atoms with E-state index in [0.29, 0.717) is 5.69 Å². The smallest absolute Gasteiger partial charge is 0.278 e. The zero-order valence-electron chi connectivity index (χ0n) is 15.4. The van der Waals surface area contributed by atoms with Gasteiger partial charge in [0.2, 0.25) is 0 Å². The van der Waals surface area contributed by atoms with Crippen molar-refractivity contribution in [2.75, 3.05) is 18.4 Å². The van der Waals surface area contributed by atoms with Gasteiger partial charge in [-0.05, 0) is 64.3 Å². The molecule has 2 aliphatic rings. The van der Waals surface area contributed by atoms with Crippen molar-refractivity contribution in [2.45, 2.75) is 51.2 Å². The number of hydrogen-bond acceptors (Lipinski definition) is 5. The Balaban J connectivity index is 1.44. The maximum atomic E-state index is 14.2. The maximum absolute atomic E-state index is 14.2. The molecule has 7 nitrogen and oxygen atoms in total. The van der Waals surface area contributed by atoms with Crippen LogP contribution in [0.5, 0.6) is 5.75 Å². The average Bonchev–Trinajstić information content (AvgIpc) is 3.02. The first-order chi connectivity index (χ1) is 13.1. The van der Waals surface area contributed by atoms with E-state index in [9.17, 15) is 9.18 Å². The Hall–Kier alpha value is -2.48. The van der Waals surface area contributed by atoms with Crippen molar-refractivity contribution in [3.63, 3.8) is 0 Å². The number of rotatable bonds is 5. The van der Waals surface area contributed by atoms with Crippen LogP contribution in [0, 0.1) is 12.7 Å². The van der Waals surface area contributed by atoms with Crippen LogP contribution in [-0.4, -0.2) is 40.1 Å². The second kappa shape index (κ2) is 7.64. The highest BCUT2D eigenvalue weighted by Crippen LogP contribution is 2.28. The molecule has 1 aliphatic carbocycles. The van der Waals surface area contributed by atoms with Crippen LogP contribution in [0.1, 0.15) is 54.3 Å². The first kappa shape index (κ1) is 17.9. The molecule has 2 aromatic rings. The van der Waals surface area contributed by atoms with Crippen LogP contribution in [-0.2, 0) is 0 Å². The van der Waals surface area contributed by atoms with E-state index in [1.54, 1.807) is 12.1 Å². The summed E-state index contributed by atoms with van der Waals surface area (Å²) in [4.78, 5) is 12.6. The van der Waals surface area contributed by atoms with E-state index < -0.39 is 5.82 Å². The molecular weight excluding hydrogens is 349 g/mol. The normalized spacial score (nSPS) is 18.1. The van der Waals surface area contributed by atoms with Gasteiger partial charge in [-0.2, -0.15) is 0 Å². The Morgan fingerprint density at radius 2 is 2.07 bits per heavy atom. The van der Waals surface area contributed by atoms with Gasteiger partial charge in [0.15, 0.2) is 17.3 Å². The SMILES string of the molecule is Cc1c(C(=O)Nc2ccc(OC3CCC3)c(F)c2)nnn1C1CCNCC1. The summed E-state index contributed by atoms with van der Waals surface area (Å²) in [6, 6.07) is 4.72. The van der Waals surface area contributed by atoms with E-state index in [1.165, 1.54) is 6.07 Å². The Morgan fingerprint density at radius 3 is 2.74 bits per heavy atom. The summed E-state index contributed by atoms with van der Waals surface area (Å²) >= 11 is 0. The molecule has 27 heavy (non-hydrogen) atoms. The molecule has 8 heteroatoms. The van der Waals surface area contributed by atoms with E-state index in [4.69, 9.17) is 4.74 Å². The molecule has 2 N–H and O–H groups in total. The number of benzene rings is 1. The summed E-state index contributed by atoms with van der Waals surface area (Å²) < 4.78 is 21.7. The standard InChI is InChI=1S/C19H24FN5O2/c1-12-18(23-24-25(12)14-7-9-21-10-8-14)19(26)22-13-5-6-17(16(20)11-13)27-15-3-2-4-15/h5-6,11,14-15,21H,2-4,7-10H2,1H3,(H,22,26). The van der Waals surface area contributed by atoms with Crippen LogP contribution < -0.4 is 15.4 Å². The third-order valence-corrected chi connectivity index (χ3v) is 5.33. The van der Waals surface area contributed by atoms with Crippen molar-refractivity contribution < 1.29 is 13.9 Å². The molecule has 4 rings (SSSR count). The van der Waals surface area contributed by atoms with Crippen molar-refractivity contribution in [3.8, 4) is 5.75 Å². The summed E-state index contributed by atoms with van der Waals surface area (Å²) in [5.74, 6) is -0.639. The molecule has 144 valence electrons. The number of aromatic nitrogens is 3. The molecule has 2 heterocycles. The third-order valence-electron chi connectivity index (χ3n) is 5.33. The van der Waals surface area contributed by atoms with E-state index in [0.717, 1.165) is 50.9 Å². The molecule has 0 bridgehead atoms. The minimum atomic E-state index is -0.477. The second-order valence-electron chi connectivity index (χ2n) is 7.22. The molecule has 1 aromatic carbocycles. The zero-order chi connectivity index (χ0) is 18.8. The number of carbonyl (C=O) groups is 1. The first-order valence-electron chi connectivity index (χ1n) is 9.52. The van der Waals surface area contributed by atoms with Crippen LogP contribution in [0.2, 0.25) is 0 Å². The van der Waals surface area contributed by atoms with E-state index >= 15 is 0 Å². The minimum absolute atomic E-state index is 0.104. The molecule has 1 aliphatic heterocycles. The Labute approximate surface area is 157 Å². The number of piperidine rings is 1. The predicted molar refractivity (Wildman–Crippen MR) is 98.5 cm³/mol. The molecule has 0 radical (unpaired) electrons. The van der Waals surface area contributed by atoms with Crippen molar-refractivity contribution in [3.05, 3.63) is 35.4 Å². The van der Waals surface area contributed by atoms with Gasteiger partial charge in [-0.3, -0.25) is 4.79 Å². The summed E-state index contributed by atoms with van der Waals surface area (Å²) in [6.45, 7) is 3.70. The molecule has 0 unspecified atom stereocenters. The van der Waals surface area contributed by atoms with E-state index in [-0.39, 0.29) is 29.5 Å². The number of halogens is 1. The lowest BCUT2D eigenvalue weighted by Gasteiger charge is -2.26. The molecule has 1 saturated heterocycles. The lowest BCUT2D eigenvalue weighted by Crippen LogP contribution is -2.30. The fourth-order valence-corrected chi connectivity index (χ4v) is 3.48. The van der Waals surface area contributed by atoms with Crippen LogP contribution in [0.25, 0.3) is 0 Å². The summed E-state index contributed by atoms with van der Waals surface area (Å²) in [5, 5.41) is 14.2. The Bertz CT molecular complexity index is 828. The fraction of sp³-hybridized carbons (Fsp3) is 0.526. The van der Waals surface area contributed by atoms with Crippen LogP contribution in [0.3, 0.4) is 0 Å². The lowest BCUT2D eigenvalue weighted by atomic mass is 9.96. The zero-order valence-corrected chi connectivity index (χ0v) is 15.4. The van der Waals surface area contributed by atoms with Crippen LogP contribution >= 0.6 is 0 Å². The number of nitrogens with zero attached hydrogens (tertiary/aromatic N) is 3. The van der Waals surface area contributed by atoms with Gasteiger partial charge in [0.25, 0.3) is 5.91 Å². The van der Waals surface area contributed by atoms with Crippen LogP contribution in [0.15, 0.2) is 18.2 Å². The average molecular weight is 373 g/mol. The number of nitrogens with one attached hydrogen (secondary N) is 2. The van der Waals surface area contributed by atoms with Crippen molar-refractivity contribution >= 4 is 11.6 Å². The van der Waals surface area contributed by atoms with Gasteiger partial charge >= 0.3 is 0 Å². The van der Waals surface area contributed by atoms with Gasteiger partial charge in [-0.1, -0.05) is 5.21 Å². The van der Waals surface area contributed by atoms with Gasteiger partial charge in [0.05, 0.1) is 17.8 Å². The predicted octanol–water partition coefficient (Wildman–Crippen LogP) is 2.83. The van der Waals surface area contributed by atoms with Crippen molar-refractivity contribution in [2.24, 2.45) is 0 Å². The highest BCUT2D eigenvalue weighted by molar-refractivity contribution is 6.03. The van der Waals surface area contributed by atoms with Gasteiger partial charge < -0.3 is 15.4 Å². The molecule has 2 fully saturated rings. The van der Waals surface area contributed by atoms with E-state index in [2.05, 4.69) is 20.9 Å². The van der Waals surface area contributed by atoms with Crippen molar-refractivity contribution in [1.29, 1.82) is 0 Å². The largest absolute Gasteiger partial charge is 0.487 e. The number of anilines is 1. The third kappa shape index (κ3) is 3.80. The highest BCUT2D eigenvalue weighted by atomic mass is 19.1. The van der Waals surface area contributed by atoms with Crippen LogP contribution in [0.4, 0.5) is 10.1 Å². The molecule has 0 atom stereocenters. The Kier molecular flexibility index (Phi) is 5.07. The quantitative estimate of drug-likeness (QED) is 0.842. The van der Waals surface area contributed by atoms with Gasteiger partial charge in [-0.25, -0.2) is 9.07 Å². The fourth-order valence-electron chi connectivity index (χ4n) is 3.48. The molecule has 1 saturated carbocycles. The summed E-state index contributed by atoms with van der Waals surface area (Å²) in [6.07, 6.45) is 5.07. The summed E-state index contributed by atoms with van der Waals surface area (Å²) in [7, 11) is 0. The summed E-state index contributed by atoms with van der Waals surface area (Å²) in [5.41, 5.74) is 1.36. The number of carbonyl (C=O) groups excluding carboxylic acids is 1. The number of amides is 1. The van der Waals surface area contributed by atoms with Crippen molar-refractivity contribution in [1.82, 2.24) is 20.3 Å². The molecule has 0 spiro atoms. The number of hydrogen-bond donors (Lipinski definition) is 2. The van der Waals surface area contributed by atoms with Gasteiger partial charge in [0.1, 0.15) is 0 Å². The van der Waals surface area contributed by atoms with Gasteiger partial charge in [-0.15, -0.1) is 5.10 Å². The first-order valence-corrected chi connectivity index (χ1v) is 9.52. The minimum Gasteiger partial charge on any atom is -0.487 e. The van der Waals surface area contributed by atoms with Gasteiger partial charge in [0, 0.05) is 11.8 Å². The molecule has 1 amide bonds. The Morgan fingerprint density at radius 1 is 1.30 bits per heavy atom. The molecule has 1 aromatic heterocycles.